The van der Waals surface area contributed by atoms with Gasteiger partial charge >= 0.3 is 6.18 Å². The summed E-state index contributed by atoms with van der Waals surface area (Å²) in [5, 5.41) is 0. The third-order valence-electron chi connectivity index (χ3n) is 6.42. The Balaban J connectivity index is 0.000000279. The third-order valence-corrected chi connectivity index (χ3v) is 6.42. The van der Waals surface area contributed by atoms with Gasteiger partial charge in [-0.3, -0.25) is 4.79 Å². The number of hydrogen-bond donors (Lipinski definition) is 1. The molecule has 3 aromatic rings. The fraction of sp³-hybridized carbons (Fsp3) is 0.407. The first-order valence-electron chi connectivity index (χ1n) is 12.0. The summed E-state index contributed by atoms with van der Waals surface area (Å²) in [6, 6.07) is 6.72. The van der Waals surface area contributed by atoms with Crippen LogP contribution >= 0.6 is 0 Å². The number of aromatic nitrogens is 2. The van der Waals surface area contributed by atoms with Crippen LogP contribution in [-0.4, -0.2) is 33.4 Å². The summed E-state index contributed by atoms with van der Waals surface area (Å²) in [5.41, 5.74) is 6.21. The number of carbonyl (C=O) groups is 1. The molecule has 2 N–H and O–H groups in total. The van der Waals surface area contributed by atoms with E-state index in [4.69, 9.17) is 10.7 Å². The molecule has 0 radical (unpaired) electrons. The van der Waals surface area contributed by atoms with E-state index in [1.54, 1.807) is 4.90 Å². The van der Waals surface area contributed by atoms with E-state index in [0.29, 0.717) is 29.9 Å². The highest BCUT2D eigenvalue weighted by molar-refractivity contribution is 5.79. The second-order valence-electron chi connectivity index (χ2n) is 9.89. The Kier molecular flexibility index (Phi) is 8.30. The van der Waals surface area contributed by atoms with Gasteiger partial charge in [-0.15, -0.1) is 0 Å². The van der Waals surface area contributed by atoms with Crippen LogP contribution in [0, 0.1) is 24.4 Å². The highest BCUT2D eigenvalue weighted by Gasteiger charge is 2.41. The first-order valence-corrected chi connectivity index (χ1v) is 12.0. The smallest absolute Gasteiger partial charge is 0.327 e. The molecule has 0 saturated carbocycles. The number of benzene rings is 2. The number of hydrogen-bond acceptors (Lipinski definition) is 3. The van der Waals surface area contributed by atoms with Crippen molar-refractivity contribution in [2.75, 3.05) is 13.1 Å². The maximum absolute atomic E-state index is 13.8. The maximum Gasteiger partial charge on any atom is 0.419 e. The molecule has 4 rings (SSSR count). The first kappa shape index (κ1) is 29.2. The standard InChI is InChI=1S/C19H24F2N4O.C8H6F4/c1-11(2)17-16(12-5-6-13(20)14(21)9-12)23-18-19(3,4)25(15(26)10-22)8-7-24(17)18;1-5-2-3-7(9)6(4-5)8(10,11)12/h5-6,9,11H,7-8,10,22H2,1-4H3;2-4H,1H3. The quantitative estimate of drug-likeness (QED) is 0.406. The van der Waals surface area contributed by atoms with Gasteiger partial charge in [0, 0.05) is 24.3 Å². The Morgan fingerprint density at radius 2 is 1.66 bits per heavy atom. The molecular weight excluding hydrogens is 510 g/mol. The van der Waals surface area contributed by atoms with Gasteiger partial charge in [-0.25, -0.2) is 18.2 Å². The van der Waals surface area contributed by atoms with Gasteiger partial charge in [0.05, 0.1) is 23.3 Å². The molecule has 2 aromatic carbocycles. The molecule has 38 heavy (non-hydrogen) atoms. The number of aryl methyl sites for hydroxylation is 1. The zero-order valence-corrected chi connectivity index (χ0v) is 21.8. The van der Waals surface area contributed by atoms with Crippen LogP contribution in [0.15, 0.2) is 36.4 Å². The number of amides is 1. The van der Waals surface area contributed by atoms with E-state index in [1.807, 2.05) is 27.7 Å². The van der Waals surface area contributed by atoms with Crippen molar-refractivity contribution in [2.45, 2.75) is 58.8 Å². The number of fused-ring (bicyclic) bond motifs is 1. The van der Waals surface area contributed by atoms with Gasteiger partial charge < -0.3 is 15.2 Å². The maximum atomic E-state index is 13.8. The van der Waals surface area contributed by atoms with Crippen molar-refractivity contribution in [2.24, 2.45) is 5.73 Å². The number of nitrogens with two attached hydrogens (primary N) is 1. The summed E-state index contributed by atoms with van der Waals surface area (Å²) in [6.45, 7) is 10.5. The second-order valence-corrected chi connectivity index (χ2v) is 9.89. The second kappa shape index (κ2) is 10.8. The van der Waals surface area contributed by atoms with Gasteiger partial charge in [0.2, 0.25) is 5.91 Å². The van der Waals surface area contributed by atoms with Crippen LogP contribution < -0.4 is 5.73 Å². The van der Waals surface area contributed by atoms with Crippen molar-refractivity contribution in [3.63, 3.8) is 0 Å². The van der Waals surface area contributed by atoms with Gasteiger partial charge in [0.15, 0.2) is 11.6 Å². The highest BCUT2D eigenvalue weighted by atomic mass is 19.4. The van der Waals surface area contributed by atoms with Crippen molar-refractivity contribution < 1.29 is 31.1 Å². The molecule has 0 fully saturated rings. The van der Waals surface area contributed by atoms with Crippen LogP contribution in [0.4, 0.5) is 26.3 Å². The Bertz CT molecular complexity index is 1330. The number of alkyl halides is 3. The number of halogens is 6. The van der Waals surface area contributed by atoms with E-state index >= 15 is 0 Å². The van der Waals surface area contributed by atoms with E-state index in [0.717, 1.165) is 29.7 Å². The Hall–Kier alpha value is -3.34. The molecular formula is C27H30F6N4O. The van der Waals surface area contributed by atoms with Gasteiger partial charge in [-0.2, -0.15) is 13.2 Å². The lowest BCUT2D eigenvalue weighted by atomic mass is 9.98. The summed E-state index contributed by atoms with van der Waals surface area (Å²) in [7, 11) is 0. The number of rotatable bonds is 3. The SMILES string of the molecule is CC(C)c1c(-c2ccc(F)c(F)c2)nc2n1CCN(C(=O)CN)C2(C)C.Cc1ccc(F)c(C(F)(F)F)c1. The molecule has 0 unspecified atom stereocenters. The largest absolute Gasteiger partial charge is 0.419 e. The lowest BCUT2D eigenvalue weighted by Crippen LogP contribution is -2.53. The number of imidazole rings is 1. The molecule has 1 aliphatic heterocycles. The van der Waals surface area contributed by atoms with E-state index in [-0.39, 0.29) is 18.4 Å². The van der Waals surface area contributed by atoms with Crippen LogP contribution in [0.1, 0.15) is 56.3 Å². The van der Waals surface area contributed by atoms with Crippen molar-refractivity contribution in [3.05, 3.63) is 76.5 Å². The molecule has 1 aromatic heterocycles. The third kappa shape index (κ3) is 5.72. The molecule has 0 spiro atoms. The lowest BCUT2D eigenvalue weighted by molar-refractivity contribution is -0.140. The monoisotopic (exact) mass is 540 g/mol. The van der Waals surface area contributed by atoms with Crippen LogP contribution in [0.25, 0.3) is 11.3 Å². The lowest BCUT2D eigenvalue weighted by Gasteiger charge is -2.42. The molecule has 1 amide bonds. The van der Waals surface area contributed by atoms with Crippen LogP contribution in [0.3, 0.4) is 0 Å². The van der Waals surface area contributed by atoms with Crippen molar-refractivity contribution >= 4 is 5.91 Å². The molecule has 0 bridgehead atoms. The van der Waals surface area contributed by atoms with Crippen molar-refractivity contribution in [3.8, 4) is 11.3 Å². The summed E-state index contributed by atoms with van der Waals surface area (Å²) in [6.07, 6.45) is -4.60. The minimum Gasteiger partial charge on any atom is -0.327 e. The fourth-order valence-electron chi connectivity index (χ4n) is 4.60. The fourth-order valence-corrected chi connectivity index (χ4v) is 4.60. The van der Waals surface area contributed by atoms with Gasteiger partial charge in [0.1, 0.15) is 11.6 Å². The molecule has 2 heterocycles. The predicted octanol–water partition coefficient (Wildman–Crippen LogP) is 6.14. The van der Waals surface area contributed by atoms with E-state index in [1.165, 1.54) is 25.1 Å². The Morgan fingerprint density at radius 1 is 1.03 bits per heavy atom. The zero-order valence-electron chi connectivity index (χ0n) is 21.8. The normalized spacial score (nSPS) is 14.7. The topological polar surface area (TPSA) is 64.2 Å². The van der Waals surface area contributed by atoms with Crippen molar-refractivity contribution in [1.82, 2.24) is 14.5 Å². The summed E-state index contributed by atoms with van der Waals surface area (Å²) in [4.78, 5) is 18.7. The average molecular weight is 541 g/mol. The highest BCUT2D eigenvalue weighted by Crippen LogP contribution is 2.38. The molecule has 11 heteroatoms. The molecule has 206 valence electrons. The zero-order chi connectivity index (χ0) is 28.6. The van der Waals surface area contributed by atoms with Crippen molar-refractivity contribution in [1.29, 1.82) is 0 Å². The van der Waals surface area contributed by atoms with Crippen LogP contribution in [-0.2, 0) is 23.1 Å². The van der Waals surface area contributed by atoms with E-state index in [9.17, 15) is 31.1 Å². The average Bonchev–Trinajstić information content (AvgIpc) is 3.23. The van der Waals surface area contributed by atoms with E-state index in [2.05, 4.69) is 4.57 Å². The minimum absolute atomic E-state index is 0.0583. The number of nitrogens with zero attached hydrogens (tertiary/aromatic N) is 3. The van der Waals surface area contributed by atoms with Crippen LogP contribution in [0.2, 0.25) is 0 Å². The van der Waals surface area contributed by atoms with Gasteiger partial charge in [-0.1, -0.05) is 25.5 Å². The molecule has 0 atom stereocenters. The summed E-state index contributed by atoms with van der Waals surface area (Å²) in [5.74, 6) is -2.29. The van der Waals surface area contributed by atoms with Gasteiger partial charge in [0.25, 0.3) is 0 Å². The predicted molar refractivity (Wildman–Crippen MR) is 132 cm³/mol. The minimum atomic E-state index is -4.60. The van der Waals surface area contributed by atoms with Crippen LogP contribution in [0.5, 0.6) is 0 Å². The number of carbonyl (C=O) groups excluding carboxylic acids is 1. The molecule has 1 aliphatic rings. The molecule has 5 nitrogen and oxygen atoms in total. The summed E-state index contributed by atoms with van der Waals surface area (Å²) >= 11 is 0. The Morgan fingerprint density at radius 3 is 2.18 bits per heavy atom. The Labute approximate surface area is 217 Å². The van der Waals surface area contributed by atoms with Gasteiger partial charge in [-0.05, 0) is 57.0 Å². The first-order chi connectivity index (χ1) is 17.6. The molecule has 0 aliphatic carbocycles. The molecule has 0 saturated heterocycles. The summed E-state index contributed by atoms with van der Waals surface area (Å²) < 4.78 is 77.7. The van der Waals surface area contributed by atoms with E-state index < -0.39 is 34.7 Å².